The van der Waals surface area contributed by atoms with Crippen LogP contribution in [0.4, 0.5) is 28.8 Å². The van der Waals surface area contributed by atoms with Crippen LogP contribution < -0.4 is 25.6 Å². The number of aryl methyl sites for hydroxylation is 1. The van der Waals surface area contributed by atoms with E-state index in [1.165, 1.54) is 6.26 Å². The van der Waals surface area contributed by atoms with Crippen LogP contribution in [0.15, 0.2) is 47.3 Å². The maximum Gasteiger partial charge on any atom is 0.229 e. The van der Waals surface area contributed by atoms with Crippen molar-refractivity contribution < 1.29 is 17.7 Å². The van der Waals surface area contributed by atoms with Crippen molar-refractivity contribution in [3.63, 3.8) is 0 Å². The summed E-state index contributed by atoms with van der Waals surface area (Å²) in [5, 5.41) is 7.32. The zero-order chi connectivity index (χ0) is 35.4. The van der Waals surface area contributed by atoms with Gasteiger partial charge in [-0.3, -0.25) is 14.9 Å². The maximum absolute atomic E-state index is 13.4. The molecule has 7 rings (SSSR count). The minimum Gasteiger partial charge on any atom is -0.494 e. The molecule has 4 aromatic rings. The van der Waals surface area contributed by atoms with E-state index in [0.717, 1.165) is 56.0 Å². The number of hydrogen-bond donors (Lipinski definition) is 2. The molecule has 13 nitrogen and oxygen atoms in total. The van der Waals surface area contributed by atoms with Crippen LogP contribution in [0.25, 0.3) is 11.0 Å². The van der Waals surface area contributed by atoms with Gasteiger partial charge in [0.25, 0.3) is 0 Å². The van der Waals surface area contributed by atoms with Crippen LogP contribution in [-0.4, -0.2) is 110 Å². The second kappa shape index (κ2) is 13.6. The van der Waals surface area contributed by atoms with E-state index in [1.54, 1.807) is 43.3 Å². The van der Waals surface area contributed by atoms with E-state index < -0.39 is 17.2 Å². The molecule has 3 fully saturated rings. The van der Waals surface area contributed by atoms with E-state index in [-0.39, 0.29) is 0 Å². The Morgan fingerprint density at radius 3 is 2.32 bits per heavy atom. The molecule has 5 heterocycles. The number of nitrogens with one attached hydrogen (secondary N) is 2. The summed E-state index contributed by atoms with van der Waals surface area (Å²) in [6.45, 7) is 10.7. The SMILES string of the molecule is COc1cc(N2CCC(N3C[C@@H]4CN(S(C)(=O)=O)C[C@@H]4C3)CC2)c(C)cc1Nc1ncc(Br)c(Nc2ccc3nccnc3c2P(C)(C)=O)n1. The predicted octanol–water partition coefficient (Wildman–Crippen LogP) is 5.03. The lowest BCUT2D eigenvalue weighted by Crippen LogP contribution is -2.45. The first-order valence-corrected chi connectivity index (χ1v) is 22.0. The molecule has 50 heavy (non-hydrogen) atoms. The molecular formula is C34H43BrN9O4PS. The van der Waals surface area contributed by atoms with Crippen molar-refractivity contribution in [1.29, 1.82) is 0 Å². The molecule has 0 bridgehead atoms. The summed E-state index contributed by atoms with van der Waals surface area (Å²) in [5.41, 5.74) is 4.92. The minimum atomic E-state index is -3.11. The Morgan fingerprint density at radius 2 is 1.66 bits per heavy atom. The van der Waals surface area contributed by atoms with Gasteiger partial charge in [-0.25, -0.2) is 17.7 Å². The van der Waals surface area contributed by atoms with E-state index in [2.05, 4.69) is 70.4 Å². The topological polar surface area (TPSA) is 146 Å². The Kier molecular flexibility index (Phi) is 9.57. The summed E-state index contributed by atoms with van der Waals surface area (Å²) in [6.07, 6.45) is 8.35. The summed E-state index contributed by atoms with van der Waals surface area (Å²) in [5.74, 6) is 2.44. The van der Waals surface area contributed by atoms with Gasteiger partial charge < -0.3 is 24.8 Å². The normalized spacial score (nSPS) is 20.7. The highest BCUT2D eigenvalue weighted by molar-refractivity contribution is 9.10. The van der Waals surface area contributed by atoms with Crippen LogP contribution in [0, 0.1) is 18.8 Å². The van der Waals surface area contributed by atoms with E-state index >= 15 is 0 Å². The summed E-state index contributed by atoms with van der Waals surface area (Å²) in [4.78, 5) is 23.2. The summed E-state index contributed by atoms with van der Waals surface area (Å²) < 4.78 is 45.7. The highest BCUT2D eigenvalue weighted by Crippen LogP contribution is 2.42. The smallest absolute Gasteiger partial charge is 0.229 e. The minimum absolute atomic E-state index is 0.371. The van der Waals surface area contributed by atoms with Gasteiger partial charge in [0, 0.05) is 75.7 Å². The van der Waals surface area contributed by atoms with Crippen LogP contribution in [0.3, 0.4) is 0 Å². The highest BCUT2D eigenvalue weighted by atomic mass is 79.9. The molecule has 3 aliphatic rings. The average molecular weight is 785 g/mol. The van der Waals surface area contributed by atoms with Gasteiger partial charge in [0.05, 0.1) is 40.0 Å². The third-order valence-corrected chi connectivity index (χ3v) is 13.5. The van der Waals surface area contributed by atoms with Gasteiger partial charge in [-0.05, 0) is 84.6 Å². The molecule has 16 heteroatoms. The molecule has 0 spiro atoms. The van der Waals surface area contributed by atoms with Crippen molar-refractivity contribution in [3.05, 3.63) is 52.9 Å². The Bertz CT molecular complexity index is 2080. The molecule has 266 valence electrons. The van der Waals surface area contributed by atoms with Crippen molar-refractivity contribution in [3.8, 4) is 5.75 Å². The Morgan fingerprint density at radius 1 is 0.960 bits per heavy atom. The lowest BCUT2D eigenvalue weighted by Gasteiger charge is -2.39. The second-order valence-corrected chi connectivity index (χ2v) is 20.0. The first-order chi connectivity index (χ1) is 23.8. The molecule has 0 amide bonds. The van der Waals surface area contributed by atoms with Crippen LogP contribution in [-0.2, 0) is 14.6 Å². The molecule has 0 aliphatic carbocycles. The molecule has 3 aliphatic heterocycles. The highest BCUT2D eigenvalue weighted by Gasteiger charge is 2.44. The average Bonchev–Trinajstić information content (AvgIpc) is 3.67. The number of benzene rings is 2. The van der Waals surface area contributed by atoms with Crippen molar-refractivity contribution in [2.75, 3.05) is 81.5 Å². The number of fused-ring (bicyclic) bond motifs is 2. The zero-order valence-corrected chi connectivity index (χ0v) is 32.2. The van der Waals surface area contributed by atoms with Crippen molar-refractivity contribution in [2.24, 2.45) is 11.8 Å². The Hall–Kier alpha value is -3.36. The number of nitrogens with zero attached hydrogens (tertiary/aromatic N) is 7. The number of ether oxygens (including phenoxy) is 1. The fraction of sp³-hybridized carbons (Fsp3) is 0.471. The number of sulfonamides is 1. The van der Waals surface area contributed by atoms with Crippen LogP contribution in [0.1, 0.15) is 18.4 Å². The number of methoxy groups -OCH3 is 1. The predicted molar refractivity (Wildman–Crippen MR) is 203 cm³/mol. The zero-order valence-electron chi connectivity index (χ0n) is 28.9. The molecule has 0 unspecified atom stereocenters. The molecule has 0 saturated carbocycles. The van der Waals surface area contributed by atoms with E-state index in [0.29, 0.717) is 75.0 Å². The van der Waals surface area contributed by atoms with Crippen molar-refractivity contribution in [1.82, 2.24) is 29.1 Å². The molecule has 2 N–H and O–H groups in total. The van der Waals surface area contributed by atoms with E-state index in [1.807, 2.05) is 12.1 Å². The largest absolute Gasteiger partial charge is 0.494 e. The summed E-state index contributed by atoms with van der Waals surface area (Å²) in [7, 11) is -4.21. The summed E-state index contributed by atoms with van der Waals surface area (Å²) >= 11 is 3.57. The molecule has 0 radical (unpaired) electrons. The first kappa shape index (κ1) is 35.1. The van der Waals surface area contributed by atoms with E-state index in [9.17, 15) is 13.0 Å². The quantitative estimate of drug-likeness (QED) is 0.220. The van der Waals surface area contributed by atoms with Gasteiger partial charge in [-0.1, -0.05) is 0 Å². The monoisotopic (exact) mass is 783 g/mol. The Balaban J connectivity index is 1.04. The fourth-order valence-electron chi connectivity index (χ4n) is 7.74. The van der Waals surface area contributed by atoms with Crippen molar-refractivity contribution in [2.45, 2.75) is 25.8 Å². The Labute approximate surface area is 301 Å². The number of aromatic nitrogens is 4. The van der Waals surface area contributed by atoms with Crippen molar-refractivity contribution >= 4 is 78.3 Å². The number of piperidine rings is 1. The van der Waals surface area contributed by atoms with E-state index in [4.69, 9.17) is 9.72 Å². The lowest BCUT2D eigenvalue weighted by molar-refractivity contribution is 0.189. The number of rotatable bonds is 9. The number of hydrogen-bond acceptors (Lipinski definition) is 12. The fourth-order valence-corrected chi connectivity index (χ4v) is 10.4. The number of halogens is 1. The van der Waals surface area contributed by atoms with Gasteiger partial charge in [0.1, 0.15) is 24.2 Å². The van der Waals surface area contributed by atoms with Crippen LogP contribution >= 0.6 is 23.1 Å². The van der Waals surface area contributed by atoms with Crippen LogP contribution in [0.2, 0.25) is 0 Å². The molecule has 2 aromatic carbocycles. The molecule has 2 atom stereocenters. The summed E-state index contributed by atoms with van der Waals surface area (Å²) in [6, 6.07) is 8.37. The number of anilines is 5. The lowest BCUT2D eigenvalue weighted by atomic mass is 10.0. The standard InChI is InChI=1S/C34H43BrN9O4PS/c1-21-14-28(40-34-38-16-25(35)33(41-34)39-27-7-6-26-31(37-11-10-36-26)32(27)49(3,4)45)30(48-2)15-29(21)42-12-8-24(9-13-42)43-17-22-19-44(50(5,46)47)20-23(22)18-43/h6-7,10-11,14-16,22-24H,8-9,12-13,17-20H2,1-5H3,(H2,38,39,40,41)/t22-,23+. The molecule has 2 aromatic heterocycles. The first-order valence-electron chi connectivity index (χ1n) is 16.8. The van der Waals surface area contributed by atoms with Gasteiger partial charge in [-0.15, -0.1) is 0 Å². The maximum atomic E-state index is 13.4. The van der Waals surface area contributed by atoms with Gasteiger partial charge in [0.15, 0.2) is 0 Å². The third kappa shape index (κ3) is 7.07. The number of likely N-dealkylation sites (tertiary alicyclic amines) is 1. The van der Waals surface area contributed by atoms with Crippen LogP contribution in [0.5, 0.6) is 5.75 Å². The van der Waals surface area contributed by atoms with Gasteiger partial charge in [-0.2, -0.15) is 4.98 Å². The second-order valence-electron chi connectivity index (χ2n) is 14.0. The molecular weight excluding hydrogens is 741 g/mol. The van der Waals surface area contributed by atoms with Gasteiger partial charge in [0.2, 0.25) is 16.0 Å². The third-order valence-electron chi connectivity index (χ3n) is 10.2. The van der Waals surface area contributed by atoms with Gasteiger partial charge >= 0.3 is 0 Å². The molecule has 3 saturated heterocycles.